The fourth-order valence-corrected chi connectivity index (χ4v) is 2.59. The smallest absolute Gasteiger partial charge is 0.171 e. The predicted molar refractivity (Wildman–Crippen MR) is 69.5 cm³/mol. The van der Waals surface area contributed by atoms with Crippen molar-refractivity contribution in [2.75, 3.05) is 0 Å². The van der Waals surface area contributed by atoms with Crippen molar-refractivity contribution in [1.29, 1.82) is 0 Å². The summed E-state index contributed by atoms with van der Waals surface area (Å²) in [5.41, 5.74) is 1.94. The van der Waals surface area contributed by atoms with E-state index in [4.69, 9.17) is 23.2 Å². The van der Waals surface area contributed by atoms with Gasteiger partial charge in [-0.2, -0.15) is 0 Å². The van der Waals surface area contributed by atoms with Gasteiger partial charge in [-0.25, -0.2) is 9.97 Å². The first-order chi connectivity index (χ1) is 7.61. The quantitative estimate of drug-likeness (QED) is 0.759. The first-order valence-corrected chi connectivity index (χ1v) is 6.47. The number of rotatable bonds is 2. The summed E-state index contributed by atoms with van der Waals surface area (Å²) in [4.78, 5) is 9.71. The second kappa shape index (κ2) is 4.70. The van der Waals surface area contributed by atoms with Gasteiger partial charge in [0.05, 0.1) is 9.21 Å². The van der Waals surface area contributed by atoms with Gasteiger partial charge in [0.15, 0.2) is 5.82 Å². The molecule has 0 aliphatic rings. The van der Waals surface area contributed by atoms with E-state index >= 15 is 0 Å². The Bertz CT molecular complexity index is 523. The molecule has 0 fully saturated rings. The summed E-state index contributed by atoms with van der Waals surface area (Å²) in [7, 11) is 0. The molecule has 0 saturated carbocycles. The lowest BCUT2D eigenvalue weighted by Gasteiger charge is -2.05. The van der Waals surface area contributed by atoms with Crippen LogP contribution in [0.15, 0.2) is 12.1 Å². The number of halogens is 2. The molecule has 0 N–H and O–H groups in total. The Morgan fingerprint density at radius 3 is 2.56 bits per heavy atom. The van der Waals surface area contributed by atoms with Crippen LogP contribution in [0.25, 0.3) is 10.7 Å². The maximum absolute atomic E-state index is 6.07. The molecule has 0 aliphatic carbocycles. The van der Waals surface area contributed by atoms with Gasteiger partial charge in [-0.15, -0.1) is 11.3 Å². The molecule has 0 spiro atoms. The molecule has 5 heteroatoms. The first kappa shape index (κ1) is 11.8. The second-order valence-electron chi connectivity index (χ2n) is 3.37. The molecule has 0 bridgehead atoms. The van der Waals surface area contributed by atoms with Gasteiger partial charge in [0, 0.05) is 11.3 Å². The van der Waals surface area contributed by atoms with E-state index in [2.05, 4.69) is 16.9 Å². The van der Waals surface area contributed by atoms with Crippen LogP contribution < -0.4 is 0 Å². The zero-order valence-electron chi connectivity index (χ0n) is 8.92. The highest BCUT2D eigenvalue weighted by molar-refractivity contribution is 7.19. The predicted octanol–water partition coefficient (Wildman–Crippen LogP) is 4.38. The number of hydrogen-bond donors (Lipinski definition) is 0. The maximum Gasteiger partial charge on any atom is 0.171 e. The van der Waals surface area contributed by atoms with Crippen molar-refractivity contribution in [3.63, 3.8) is 0 Å². The van der Waals surface area contributed by atoms with Gasteiger partial charge in [-0.1, -0.05) is 30.1 Å². The van der Waals surface area contributed by atoms with Crippen LogP contribution in [0.1, 0.15) is 18.2 Å². The highest BCUT2D eigenvalue weighted by Crippen LogP contribution is 2.30. The van der Waals surface area contributed by atoms with Crippen molar-refractivity contribution >= 4 is 34.5 Å². The molecule has 0 atom stereocenters. The summed E-state index contributed by atoms with van der Waals surface area (Å²) < 4.78 is 0.730. The lowest BCUT2D eigenvalue weighted by molar-refractivity contribution is 0.979. The fourth-order valence-electron chi connectivity index (χ4n) is 1.42. The van der Waals surface area contributed by atoms with Crippen LogP contribution in [0.5, 0.6) is 0 Å². The zero-order valence-corrected chi connectivity index (χ0v) is 11.2. The fraction of sp³-hybridized carbons (Fsp3) is 0.273. The van der Waals surface area contributed by atoms with Gasteiger partial charge in [0.1, 0.15) is 5.15 Å². The largest absolute Gasteiger partial charge is 0.232 e. The molecule has 0 radical (unpaired) electrons. The monoisotopic (exact) mass is 272 g/mol. The average molecular weight is 273 g/mol. The van der Waals surface area contributed by atoms with Gasteiger partial charge in [-0.3, -0.25) is 0 Å². The van der Waals surface area contributed by atoms with E-state index in [0.29, 0.717) is 11.0 Å². The third-order valence-electron chi connectivity index (χ3n) is 2.32. The Morgan fingerprint density at radius 1 is 1.25 bits per heavy atom. The number of nitrogens with zero attached hydrogens (tertiary/aromatic N) is 2. The summed E-state index contributed by atoms with van der Waals surface area (Å²) in [6.07, 6.45) is 0.847. The first-order valence-electron chi connectivity index (χ1n) is 4.90. The molecule has 84 valence electrons. The van der Waals surface area contributed by atoms with Crippen LogP contribution in [-0.4, -0.2) is 9.97 Å². The molecule has 2 aromatic heterocycles. The highest BCUT2D eigenvalue weighted by atomic mass is 35.5. The third kappa shape index (κ3) is 2.21. The molecule has 0 unspecified atom stereocenters. The van der Waals surface area contributed by atoms with E-state index in [9.17, 15) is 0 Å². The molecule has 0 aliphatic heterocycles. The molecule has 16 heavy (non-hydrogen) atoms. The normalized spacial score (nSPS) is 10.8. The molecular weight excluding hydrogens is 263 g/mol. The van der Waals surface area contributed by atoms with Crippen molar-refractivity contribution in [3.8, 4) is 10.7 Å². The molecule has 0 aromatic carbocycles. The van der Waals surface area contributed by atoms with Crippen molar-refractivity contribution in [2.45, 2.75) is 20.3 Å². The van der Waals surface area contributed by atoms with E-state index in [-0.39, 0.29) is 0 Å². The second-order valence-corrected chi connectivity index (χ2v) is 5.44. The molecule has 0 amide bonds. The van der Waals surface area contributed by atoms with Crippen LogP contribution in [0, 0.1) is 6.92 Å². The third-order valence-corrected chi connectivity index (χ3v) is 3.91. The van der Waals surface area contributed by atoms with Gasteiger partial charge in [-0.05, 0) is 25.5 Å². The summed E-state index contributed by atoms with van der Waals surface area (Å²) >= 11 is 13.4. The summed E-state index contributed by atoms with van der Waals surface area (Å²) in [5.74, 6) is 0.657. The minimum absolute atomic E-state index is 0.520. The molecule has 2 rings (SSSR count). The summed E-state index contributed by atoms with van der Waals surface area (Å²) in [6.45, 7) is 3.99. The zero-order chi connectivity index (χ0) is 11.7. The summed E-state index contributed by atoms with van der Waals surface area (Å²) in [6, 6.07) is 3.75. The topological polar surface area (TPSA) is 25.8 Å². The molecule has 0 saturated heterocycles. The highest BCUT2D eigenvalue weighted by Gasteiger charge is 2.11. The van der Waals surface area contributed by atoms with Crippen molar-refractivity contribution in [3.05, 3.63) is 32.9 Å². The van der Waals surface area contributed by atoms with E-state index in [1.807, 2.05) is 19.1 Å². The van der Waals surface area contributed by atoms with Crippen molar-refractivity contribution in [1.82, 2.24) is 9.97 Å². The van der Waals surface area contributed by atoms with Crippen LogP contribution in [0.4, 0.5) is 0 Å². The molecular formula is C11H10Cl2N2S. The molecule has 2 heterocycles. The molecule has 2 nitrogen and oxygen atoms in total. The molecule has 2 aromatic rings. The minimum Gasteiger partial charge on any atom is -0.232 e. The Labute approximate surface area is 108 Å². The number of thiophene rings is 1. The number of aryl methyl sites for hydroxylation is 1. The van der Waals surface area contributed by atoms with Crippen molar-refractivity contribution < 1.29 is 0 Å². The lowest BCUT2D eigenvalue weighted by Crippen LogP contribution is -1.98. The van der Waals surface area contributed by atoms with Crippen LogP contribution in [-0.2, 0) is 6.42 Å². The Hall–Kier alpha value is -0.640. The van der Waals surface area contributed by atoms with E-state index in [1.165, 1.54) is 11.3 Å². The van der Waals surface area contributed by atoms with Gasteiger partial charge < -0.3 is 0 Å². The van der Waals surface area contributed by atoms with Gasteiger partial charge in [0.25, 0.3) is 0 Å². The number of aromatic nitrogens is 2. The van der Waals surface area contributed by atoms with Crippen LogP contribution >= 0.6 is 34.5 Å². The van der Waals surface area contributed by atoms with Crippen LogP contribution in [0.3, 0.4) is 0 Å². The maximum atomic E-state index is 6.07. The lowest BCUT2D eigenvalue weighted by atomic mass is 10.2. The Balaban J connectivity index is 2.54. The van der Waals surface area contributed by atoms with Gasteiger partial charge >= 0.3 is 0 Å². The Kier molecular flexibility index (Phi) is 3.47. The standard InChI is InChI=1S/C11H10Cl2N2S/c1-3-7-6(2)10(13)15-11(14-7)8-4-5-9(12)16-8/h4-5H,3H2,1-2H3. The SMILES string of the molecule is CCc1nc(-c2ccc(Cl)s2)nc(Cl)c1C. The minimum atomic E-state index is 0.520. The summed E-state index contributed by atoms with van der Waals surface area (Å²) in [5, 5.41) is 0.520. The van der Waals surface area contributed by atoms with E-state index < -0.39 is 0 Å². The average Bonchev–Trinajstić information content (AvgIpc) is 2.69. The van der Waals surface area contributed by atoms with Gasteiger partial charge in [0.2, 0.25) is 0 Å². The Morgan fingerprint density at radius 2 is 2.00 bits per heavy atom. The van der Waals surface area contributed by atoms with E-state index in [0.717, 1.165) is 26.9 Å². The van der Waals surface area contributed by atoms with Crippen LogP contribution in [0.2, 0.25) is 9.49 Å². The number of hydrogen-bond acceptors (Lipinski definition) is 3. The van der Waals surface area contributed by atoms with Crippen molar-refractivity contribution in [2.24, 2.45) is 0 Å². The van der Waals surface area contributed by atoms with E-state index in [1.54, 1.807) is 0 Å².